The van der Waals surface area contributed by atoms with Crippen LogP contribution in [-0.2, 0) is 5.41 Å². The summed E-state index contributed by atoms with van der Waals surface area (Å²) < 4.78 is 4.77. The van der Waals surface area contributed by atoms with Crippen LogP contribution >= 0.6 is 11.3 Å². The third kappa shape index (κ3) is 5.86. The van der Waals surface area contributed by atoms with Crippen LogP contribution < -0.4 is 16.0 Å². The van der Waals surface area contributed by atoms with Gasteiger partial charge in [0.05, 0.1) is 17.9 Å². The summed E-state index contributed by atoms with van der Waals surface area (Å²) in [4.78, 5) is 38.3. The lowest BCUT2D eigenvalue weighted by Gasteiger charge is -2.21. The fraction of sp³-hybridized carbons (Fsp3) is 0.304. The van der Waals surface area contributed by atoms with E-state index in [1.807, 2.05) is 13.0 Å². The summed E-state index contributed by atoms with van der Waals surface area (Å²) in [5.41, 5.74) is 1.83. The summed E-state index contributed by atoms with van der Waals surface area (Å²) in [5, 5.41) is 21.1. The number of rotatable bonds is 7. The first kappa shape index (κ1) is 24.9. The number of aromatic nitrogens is 6. The minimum atomic E-state index is -0.461. The van der Waals surface area contributed by atoms with E-state index < -0.39 is 11.9 Å². The Balaban J connectivity index is 1.40. The Hall–Kier alpha value is -4.26. The second-order valence-electron chi connectivity index (χ2n) is 8.99. The first-order chi connectivity index (χ1) is 17.1. The number of thiazole rings is 1. The standard InChI is InChI=1S/C23H25N9O3S/c1-12-14(23(3,4)5)8-19(31-30-12)29-21(34)16-10-24-22(36-16)13(2)27-20(33)15-9-18(26-11-25-15)28-17-6-7-35-32-17/h6-11,13H,1-5H3,(H,27,33)(H,29,31,34)(H,25,26,28,32). The Labute approximate surface area is 211 Å². The minimum absolute atomic E-state index is 0.137. The minimum Gasteiger partial charge on any atom is -0.363 e. The Kier molecular flexibility index (Phi) is 7.01. The van der Waals surface area contributed by atoms with Gasteiger partial charge in [0.2, 0.25) is 0 Å². The van der Waals surface area contributed by atoms with Gasteiger partial charge in [0, 0.05) is 12.1 Å². The van der Waals surface area contributed by atoms with Gasteiger partial charge in [0.25, 0.3) is 11.8 Å². The van der Waals surface area contributed by atoms with E-state index >= 15 is 0 Å². The molecule has 0 aliphatic carbocycles. The zero-order chi connectivity index (χ0) is 25.9. The van der Waals surface area contributed by atoms with E-state index in [-0.39, 0.29) is 17.0 Å². The summed E-state index contributed by atoms with van der Waals surface area (Å²) in [6, 6.07) is 4.48. The van der Waals surface area contributed by atoms with Crippen LogP contribution in [0.4, 0.5) is 17.5 Å². The SMILES string of the molecule is Cc1nnc(NC(=O)c2cnc(C(C)NC(=O)c3cc(Nc4ccon4)ncn3)s2)cc1C(C)(C)C. The Morgan fingerprint density at radius 3 is 2.56 bits per heavy atom. The van der Waals surface area contributed by atoms with Gasteiger partial charge in [-0.05, 0) is 30.9 Å². The predicted octanol–water partition coefficient (Wildman–Crippen LogP) is 3.80. The predicted molar refractivity (Wildman–Crippen MR) is 133 cm³/mol. The molecule has 0 fully saturated rings. The van der Waals surface area contributed by atoms with Crippen LogP contribution in [0.2, 0.25) is 0 Å². The number of hydrogen-bond acceptors (Lipinski definition) is 11. The molecule has 0 saturated carbocycles. The van der Waals surface area contributed by atoms with Gasteiger partial charge in [-0.3, -0.25) is 9.59 Å². The van der Waals surface area contributed by atoms with Crippen molar-refractivity contribution in [1.29, 1.82) is 0 Å². The molecule has 0 aromatic carbocycles. The maximum absolute atomic E-state index is 12.8. The molecule has 0 radical (unpaired) electrons. The normalized spacial score (nSPS) is 12.1. The largest absolute Gasteiger partial charge is 0.363 e. The first-order valence-corrected chi connectivity index (χ1v) is 11.8. The molecule has 2 amide bonds. The number of carbonyl (C=O) groups is 2. The molecule has 36 heavy (non-hydrogen) atoms. The van der Waals surface area contributed by atoms with Gasteiger partial charge >= 0.3 is 0 Å². The van der Waals surface area contributed by atoms with Crippen LogP contribution in [0.5, 0.6) is 0 Å². The monoisotopic (exact) mass is 507 g/mol. The van der Waals surface area contributed by atoms with Crippen molar-refractivity contribution in [2.75, 3.05) is 10.6 Å². The molecular formula is C23H25N9O3S. The molecule has 3 N–H and O–H groups in total. The zero-order valence-corrected chi connectivity index (χ0v) is 21.2. The Morgan fingerprint density at radius 2 is 1.83 bits per heavy atom. The van der Waals surface area contributed by atoms with Gasteiger partial charge in [-0.15, -0.1) is 16.4 Å². The first-order valence-electron chi connectivity index (χ1n) is 11.0. The molecule has 186 valence electrons. The molecular weight excluding hydrogens is 482 g/mol. The summed E-state index contributed by atoms with van der Waals surface area (Å²) in [7, 11) is 0. The number of anilines is 3. The molecule has 0 aliphatic rings. The van der Waals surface area contributed by atoms with Crippen molar-refractivity contribution < 1.29 is 14.1 Å². The Morgan fingerprint density at radius 1 is 1.03 bits per heavy atom. The number of carbonyl (C=O) groups excluding carboxylic acids is 2. The van der Waals surface area contributed by atoms with E-state index in [1.54, 1.807) is 13.0 Å². The molecule has 13 heteroatoms. The quantitative estimate of drug-likeness (QED) is 0.335. The van der Waals surface area contributed by atoms with E-state index in [9.17, 15) is 9.59 Å². The van der Waals surface area contributed by atoms with Crippen molar-refractivity contribution >= 4 is 40.6 Å². The second-order valence-corrected chi connectivity index (χ2v) is 10.1. The topological polar surface area (TPSA) is 161 Å². The second kappa shape index (κ2) is 10.2. The number of nitrogens with one attached hydrogen (secondary N) is 3. The molecule has 1 atom stereocenters. The van der Waals surface area contributed by atoms with Crippen LogP contribution in [0.15, 0.2) is 41.5 Å². The van der Waals surface area contributed by atoms with E-state index in [1.165, 1.54) is 36.2 Å². The molecule has 0 bridgehead atoms. The van der Waals surface area contributed by atoms with Crippen molar-refractivity contribution in [1.82, 2.24) is 35.6 Å². The molecule has 0 spiro atoms. The summed E-state index contributed by atoms with van der Waals surface area (Å²) in [5.74, 6) is 0.436. The van der Waals surface area contributed by atoms with Crippen LogP contribution in [0.3, 0.4) is 0 Å². The molecule has 4 rings (SSSR count). The summed E-state index contributed by atoms with van der Waals surface area (Å²) >= 11 is 1.17. The van der Waals surface area contributed by atoms with Crippen molar-refractivity contribution in [2.24, 2.45) is 0 Å². The molecule has 4 heterocycles. The maximum atomic E-state index is 12.8. The highest BCUT2D eigenvalue weighted by Gasteiger charge is 2.21. The van der Waals surface area contributed by atoms with E-state index in [0.717, 1.165) is 11.3 Å². The van der Waals surface area contributed by atoms with Gasteiger partial charge < -0.3 is 20.5 Å². The number of nitrogens with zero attached hydrogens (tertiary/aromatic N) is 6. The van der Waals surface area contributed by atoms with Crippen molar-refractivity contribution in [2.45, 2.75) is 46.1 Å². The molecule has 4 aromatic heterocycles. The number of aryl methyl sites for hydroxylation is 1. The zero-order valence-electron chi connectivity index (χ0n) is 20.4. The lowest BCUT2D eigenvalue weighted by atomic mass is 9.86. The van der Waals surface area contributed by atoms with Gasteiger partial charge in [0.1, 0.15) is 34.0 Å². The van der Waals surface area contributed by atoms with Crippen LogP contribution in [-0.4, -0.2) is 42.1 Å². The fourth-order valence-corrected chi connectivity index (χ4v) is 4.15. The van der Waals surface area contributed by atoms with E-state index in [4.69, 9.17) is 4.52 Å². The van der Waals surface area contributed by atoms with E-state index in [0.29, 0.717) is 27.3 Å². The highest BCUT2D eigenvalue weighted by atomic mass is 32.1. The summed E-state index contributed by atoms with van der Waals surface area (Å²) in [6.07, 6.45) is 4.15. The molecule has 12 nitrogen and oxygen atoms in total. The van der Waals surface area contributed by atoms with Crippen LogP contribution in [0.25, 0.3) is 0 Å². The average molecular weight is 508 g/mol. The third-order valence-corrected chi connectivity index (χ3v) is 6.27. The van der Waals surface area contributed by atoms with Gasteiger partial charge in [0.15, 0.2) is 11.6 Å². The number of amides is 2. The number of hydrogen-bond donors (Lipinski definition) is 3. The van der Waals surface area contributed by atoms with Gasteiger partial charge in [-0.25, -0.2) is 15.0 Å². The highest BCUT2D eigenvalue weighted by molar-refractivity contribution is 7.13. The highest BCUT2D eigenvalue weighted by Crippen LogP contribution is 2.26. The van der Waals surface area contributed by atoms with Gasteiger partial charge in [-0.2, -0.15) is 5.10 Å². The summed E-state index contributed by atoms with van der Waals surface area (Å²) in [6.45, 7) is 9.88. The van der Waals surface area contributed by atoms with Crippen molar-refractivity contribution in [3.63, 3.8) is 0 Å². The van der Waals surface area contributed by atoms with E-state index in [2.05, 4.69) is 67.0 Å². The smallest absolute Gasteiger partial charge is 0.270 e. The maximum Gasteiger partial charge on any atom is 0.270 e. The van der Waals surface area contributed by atoms with Crippen LogP contribution in [0.1, 0.15) is 70.2 Å². The van der Waals surface area contributed by atoms with Gasteiger partial charge in [-0.1, -0.05) is 25.9 Å². The van der Waals surface area contributed by atoms with Crippen LogP contribution in [0, 0.1) is 6.92 Å². The molecule has 4 aromatic rings. The van der Waals surface area contributed by atoms with Crippen molar-refractivity contribution in [3.05, 3.63) is 63.8 Å². The Bertz CT molecular complexity index is 1380. The lowest BCUT2D eigenvalue weighted by molar-refractivity contribution is 0.0934. The fourth-order valence-electron chi connectivity index (χ4n) is 3.33. The molecule has 0 aliphatic heterocycles. The third-order valence-electron chi connectivity index (χ3n) is 5.09. The molecule has 0 saturated heterocycles. The average Bonchev–Trinajstić information content (AvgIpc) is 3.52. The van der Waals surface area contributed by atoms with Crippen molar-refractivity contribution in [3.8, 4) is 0 Å². The molecule has 1 unspecified atom stereocenters. The lowest BCUT2D eigenvalue weighted by Crippen LogP contribution is -2.27.